The van der Waals surface area contributed by atoms with Crippen LogP contribution in [0.2, 0.25) is 0 Å². The molecule has 0 bridgehead atoms. The number of amidine groups is 1. The molecule has 0 saturated heterocycles. The highest BCUT2D eigenvalue weighted by Crippen LogP contribution is 2.66. The number of benzene rings is 9. The Bertz CT molecular complexity index is 2770. The molecule has 5 heteroatoms. The summed E-state index contributed by atoms with van der Waals surface area (Å²) in [6.07, 6.45) is 0. The normalized spacial score (nSPS) is 14.1. The summed E-state index contributed by atoms with van der Waals surface area (Å²) >= 11 is 0. The summed E-state index contributed by atoms with van der Waals surface area (Å²) in [4.78, 5) is 4.45. The van der Waals surface area contributed by atoms with Gasteiger partial charge < -0.3 is 0 Å². The van der Waals surface area contributed by atoms with E-state index in [0.717, 1.165) is 32.6 Å². The highest BCUT2D eigenvalue weighted by atomic mass is 31.2. The highest BCUT2D eigenvalue weighted by molar-refractivity contribution is 7.98. The Hall–Kier alpha value is -6.73. The van der Waals surface area contributed by atoms with Gasteiger partial charge in [-0.15, -0.1) is 4.86 Å². The van der Waals surface area contributed by atoms with Crippen molar-refractivity contribution >= 4 is 41.8 Å². The van der Waals surface area contributed by atoms with Crippen molar-refractivity contribution in [1.29, 1.82) is 0 Å². The van der Waals surface area contributed by atoms with E-state index in [1.165, 1.54) is 44.5 Å². The standard InChI is InChI=1S/C55H42N3P2/c1-6-16-42(17-7-1)46-26-34-51(35-27-46)59(52-36-28-47(29-37-52)43-18-8-2-9-19-43)56-55(50-24-14-5-15-25-50)57-60(58-59,53-38-30-48(31-39-53)44-20-10-3-11-21-44)54-40-32-49(33-41-54)45-22-12-4-13-23-45/h1-41,58H/q+1. The molecule has 0 amide bonds. The summed E-state index contributed by atoms with van der Waals surface area (Å²) in [6, 6.07) is 89.2. The molecule has 9 aromatic rings. The first kappa shape index (κ1) is 37.5. The monoisotopic (exact) mass is 806 g/mol. The molecule has 0 aromatic heterocycles. The predicted octanol–water partition coefficient (Wildman–Crippen LogP) is 13.0. The van der Waals surface area contributed by atoms with Crippen LogP contribution >= 0.6 is 14.8 Å². The summed E-state index contributed by atoms with van der Waals surface area (Å²) in [5, 5.41) is 4.57. The maximum Gasteiger partial charge on any atom is 0.273 e. The summed E-state index contributed by atoms with van der Waals surface area (Å²) in [7, 11) is -5.68. The van der Waals surface area contributed by atoms with Gasteiger partial charge in [-0.2, -0.15) is 0 Å². The Morgan fingerprint density at radius 3 is 0.867 bits per heavy atom. The fourth-order valence-corrected chi connectivity index (χ4v) is 16.2. The SMILES string of the molecule is c1ccc(C2=N[P+](c3ccc(-c4ccccc4)cc3)(c3ccc(-c4ccccc4)cc3)NP(c3ccc(-c4ccccc4)cc3)(c3ccc(-c4ccccc4)cc3)=N2)cc1. The number of nitrogens with one attached hydrogen (secondary N) is 1. The van der Waals surface area contributed by atoms with Gasteiger partial charge in [-0.25, -0.2) is 4.74 Å². The van der Waals surface area contributed by atoms with Crippen molar-refractivity contribution in [3.05, 3.63) is 254 Å². The number of nitrogens with zero attached hydrogens (tertiary/aromatic N) is 2. The van der Waals surface area contributed by atoms with Gasteiger partial charge in [0.25, 0.3) is 7.56 Å². The van der Waals surface area contributed by atoms with E-state index in [1.807, 2.05) is 0 Å². The van der Waals surface area contributed by atoms with Crippen LogP contribution in [-0.2, 0) is 0 Å². The first-order valence-corrected chi connectivity index (χ1v) is 23.8. The van der Waals surface area contributed by atoms with E-state index in [4.69, 9.17) is 9.51 Å². The molecule has 3 nitrogen and oxygen atoms in total. The van der Waals surface area contributed by atoms with Crippen molar-refractivity contribution in [3.63, 3.8) is 0 Å². The third-order valence-electron chi connectivity index (χ3n) is 11.2. The molecule has 1 aliphatic rings. The van der Waals surface area contributed by atoms with E-state index >= 15 is 0 Å². The largest absolute Gasteiger partial charge is 0.273 e. The third-order valence-corrected chi connectivity index (χ3v) is 18.7. The minimum absolute atomic E-state index is 0.759. The van der Waals surface area contributed by atoms with Crippen LogP contribution < -0.4 is 26.1 Å². The van der Waals surface area contributed by atoms with Gasteiger partial charge in [0.1, 0.15) is 17.8 Å². The summed E-state index contributed by atoms with van der Waals surface area (Å²) in [5.41, 5.74) is 10.4. The summed E-state index contributed by atoms with van der Waals surface area (Å²) in [5.74, 6) is 0.759. The van der Waals surface area contributed by atoms with E-state index in [1.54, 1.807) is 0 Å². The van der Waals surface area contributed by atoms with Crippen LogP contribution in [0.5, 0.6) is 0 Å². The van der Waals surface area contributed by atoms with Crippen LogP contribution in [0.25, 0.3) is 44.5 Å². The van der Waals surface area contributed by atoms with Gasteiger partial charge >= 0.3 is 0 Å². The fraction of sp³-hybridized carbons (Fsp3) is 0. The van der Waals surface area contributed by atoms with Crippen LogP contribution in [-0.4, -0.2) is 5.84 Å². The second kappa shape index (κ2) is 16.5. The first-order valence-electron chi connectivity index (χ1n) is 20.3. The molecule has 9 aromatic carbocycles. The van der Waals surface area contributed by atoms with E-state index in [0.29, 0.717) is 0 Å². The number of hydrogen-bond donors (Lipinski definition) is 1. The molecule has 10 rings (SSSR count). The maximum absolute atomic E-state index is 5.88. The molecule has 1 aliphatic heterocycles. The van der Waals surface area contributed by atoms with Crippen molar-refractivity contribution in [2.75, 3.05) is 0 Å². The molecular formula is C55H42N3P2+. The van der Waals surface area contributed by atoms with Crippen LogP contribution in [0.1, 0.15) is 5.56 Å². The molecule has 60 heavy (non-hydrogen) atoms. The van der Waals surface area contributed by atoms with E-state index in [-0.39, 0.29) is 0 Å². The summed E-state index contributed by atoms with van der Waals surface area (Å²) < 4.78 is 11.8. The van der Waals surface area contributed by atoms with E-state index in [2.05, 4.69) is 254 Å². The van der Waals surface area contributed by atoms with Crippen molar-refractivity contribution < 1.29 is 0 Å². The average molecular weight is 807 g/mol. The van der Waals surface area contributed by atoms with E-state index < -0.39 is 14.8 Å². The quantitative estimate of drug-likeness (QED) is 0.145. The van der Waals surface area contributed by atoms with Gasteiger partial charge in [0, 0.05) is 16.2 Å². The second-order valence-electron chi connectivity index (χ2n) is 14.9. The zero-order chi connectivity index (χ0) is 40.2. The molecule has 0 unspecified atom stereocenters. The molecule has 286 valence electrons. The van der Waals surface area contributed by atoms with Crippen molar-refractivity contribution in [1.82, 2.24) is 4.86 Å². The predicted molar refractivity (Wildman–Crippen MR) is 258 cm³/mol. The van der Waals surface area contributed by atoms with E-state index in [9.17, 15) is 0 Å². The lowest BCUT2D eigenvalue weighted by atomic mass is 10.1. The molecule has 0 radical (unpaired) electrons. The van der Waals surface area contributed by atoms with Crippen molar-refractivity contribution in [2.24, 2.45) is 9.51 Å². The Balaban J connectivity index is 1.23. The molecule has 1 heterocycles. The molecule has 1 N–H and O–H groups in total. The Morgan fingerprint density at radius 2 is 0.550 bits per heavy atom. The van der Waals surface area contributed by atoms with Gasteiger partial charge in [-0.1, -0.05) is 229 Å². The fourth-order valence-electron chi connectivity index (χ4n) is 8.02. The topological polar surface area (TPSA) is 36.8 Å². The molecular weight excluding hydrogens is 765 g/mol. The lowest BCUT2D eigenvalue weighted by Gasteiger charge is -2.35. The van der Waals surface area contributed by atoms with Gasteiger partial charge in [0.15, 0.2) is 5.84 Å². The van der Waals surface area contributed by atoms with Crippen LogP contribution in [0.4, 0.5) is 0 Å². The molecule has 0 fully saturated rings. The molecule has 0 aliphatic carbocycles. The van der Waals surface area contributed by atoms with Crippen LogP contribution in [0.3, 0.4) is 0 Å². The summed E-state index contributed by atoms with van der Waals surface area (Å²) in [6.45, 7) is 0. The Morgan fingerprint density at radius 1 is 0.283 bits per heavy atom. The minimum Gasteiger partial charge on any atom is -0.217 e. The van der Waals surface area contributed by atoms with Crippen molar-refractivity contribution in [3.8, 4) is 44.5 Å². The average Bonchev–Trinajstić information content (AvgIpc) is 3.35. The highest BCUT2D eigenvalue weighted by Gasteiger charge is 2.53. The number of hydrogen-bond acceptors (Lipinski definition) is 3. The second-order valence-corrected chi connectivity index (χ2v) is 20.7. The molecule has 0 spiro atoms. The number of rotatable bonds is 9. The Labute approximate surface area is 353 Å². The zero-order valence-corrected chi connectivity index (χ0v) is 34.7. The first-order chi connectivity index (χ1) is 29.7. The lowest BCUT2D eigenvalue weighted by Crippen LogP contribution is -2.39. The van der Waals surface area contributed by atoms with Gasteiger partial charge in [-0.05, 0) is 68.8 Å². The molecule has 0 saturated carbocycles. The van der Waals surface area contributed by atoms with Gasteiger partial charge in [0.2, 0.25) is 0 Å². The minimum atomic E-state index is -2.84. The molecule has 0 atom stereocenters. The zero-order valence-electron chi connectivity index (χ0n) is 33.0. The maximum atomic E-state index is 5.88. The van der Waals surface area contributed by atoms with Crippen molar-refractivity contribution in [2.45, 2.75) is 0 Å². The Kier molecular flexibility index (Phi) is 10.3. The third kappa shape index (κ3) is 7.29. The van der Waals surface area contributed by atoms with Gasteiger partial charge in [0.05, 0.1) is 0 Å². The van der Waals surface area contributed by atoms with Crippen LogP contribution in [0, 0.1) is 0 Å². The van der Waals surface area contributed by atoms with Crippen LogP contribution in [0.15, 0.2) is 258 Å². The smallest absolute Gasteiger partial charge is 0.217 e. The van der Waals surface area contributed by atoms with Gasteiger partial charge in [-0.3, -0.25) is 0 Å². The lowest BCUT2D eigenvalue weighted by molar-refractivity contribution is 1.43.